The molecule has 4 rings (SSSR count). The molecule has 8 heteroatoms. The zero-order valence-electron chi connectivity index (χ0n) is 24.0. The number of benzene rings is 4. The van der Waals surface area contributed by atoms with Gasteiger partial charge in [-0.1, -0.05) is 99.6 Å². The highest BCUT2D eigenvalue weighted by Crippen LogP contribution is 2.29. The quantitative estimate of drug-likeness (QED) is 0.191. The Hall–Kier alpha value is -4.27. The number of carbonyl (C=O) groups excluding carboxylic acids is 2. The standard InChI is InChI=1S/C34H36N2O5S/c1-34(2,3)29-19-17-26(18-20-29)25-13-15-27(16-14-25)31(33(38)36-30-7-5-4-6-8-30)23-24-9-11-28(12-10-24)32(37)35-21-22-42(39,40)41/h4-20,31H,21-23H2,1-3H3,(H,35,37)(H,36,38)(H,39,40,41)/t31-/m1/s1. The van der Waals surface area contributed by atoms with Crippen LogP contribution in [-0.4, -0.2) is 37.1 Å². The van der Waals surface area contributed by atoms with Crippen LogP contribution in [0.4, 0.5) is 5.69 Å². The summed E-state index contributed by atoms with van der Waals surface area (Å²) in [6.07, 6.45) is 0.406. The lowest BCUT2D eigenvalue weighted by Crippen LogP contribution is -2.28. The topological polar surface area (TPSA) is 113 Å². The van der Waals surface area contributed by atoms with Gasteiger partial charge < -0.3 is 10.6 Å². The zero-order chi connectivity index (χ0) is 30.3. The summed E-state index contributed by atoms with van der Waals surface area (Å²) in [6.45, 7) is 6.37. The van der Waals surface area contributed by atoms with Gasteiger partial charge in [0.1, 0.15) is 0 Å². The molecule has 0 spiro atoms. The van der Waals surface area contributed by atoms with Crippen molar-refractivity contribution in [1.29, 1.82) is 0 Å². The molecule has 0 heterocycles. The smallest absolute Gasteiger partial charge is 0.266 e. The van der Waals surface area contributed by atoms with E-state index < -0.39 is 27.7 Å². The lowest BCUT2D eigenvalue weighted by molar-refractivity contribution is -0.117. The fourth-order valence-corrected chi connectivity index (χ4v) is 4.97. The highest BCUT2D eigenvalue weighted by Gasteiger charge is 2.22. The van der Waals surface area contributed by atoms with Gasteiger partial charge in [-0.3, -0.25) is 14.1 Å². The van der Waals surface area contributed by atoms with Crippen molar-refractivity contribution in [3.05, 3.63) is 125 Å². The van der Waals surface area contributed by atoms with Crippen LogP contribution in [0.2, 0.25) is 0 Å². The van der Waals surface area contributed by atoms with Gasteiger partial charge in [0.05, 0.1) is 11.7 Å². The molecule has 0 aliphatic rings. The van der Waals surface area contributed by atoms with E-state index in [9.17, 15) is 18.0 Å². The summed E-state index contributed by atoms with van der Waals surface area (Å²) in [5, 5.41) is 5.49. The van der Waals surface area contributed by atoms with Crippen molar-refractivity contribution in [1.82, 2.24) is 5.32 Å². The Labute approximate surface area is 247 Å². The first-order valence-corrected chi connectivity index (χ1v) is 15.4. The van der Waals surface area contributed by atoms with Gasteiger partial charge in [0.2, 0.25) is 5.91 Å². The SMILES string of the molecule is CC(C)(C)c1ccc(-c2ccc([C@@H](Cc3ccc(C(=O)NCCS(=O)(=O)O)cc3)C(=O)Nc3ccccc3)cc2)cc1. The monoisotopic (exact) mass is 584 g/mol. The Kier molecular flexibility index (Phi) is 9.60. The number of para-hydroxylation sites is 1. The molecule has 0 aromatic heterocycles. The van der Waals surface area contributed by atoms with Crippen molar-refractivity contribution in [2.45, 2.75) is 38.5 Å². The Morgan fingerprint density at radius 3 is 1.90 bits per heavy atom. The van der Waals surface area contributed by atoms with E-state index in [4.69, 9.17) is 4.55 Å². The van der Waals surface area contributed by atoms with E-state index >= 15 is 0 Å². The molecular weight excluding hydrogens is 548 g/mol. The van der Waals surface area contributed by atoms with Gasteiger partial charge in [0.15, 0.2) is 0 Å². The molecule has 218 valence electrons. The average Bonchev–Trinajstić information content (AvgIpc) is 2.96. The maximum atomic E-state index is 13.5. The fourth-order valence-electron chi connectivity index (χ4n) is 4.61. The normalized spacial score (nSPS) is 12.4. The van der Waals surface area contributed by atoms with Crippen LogP contribution in [-0.2, 0) is 26.7 Å². The first-order chi connectivity index (χ1) is 19.9. The Balaban J connectivity index is 1.53. The van der Waals surface area contributed by atoms with Crippen LogP contribution in [0.3, 0.4) is 0 Å². The molecule has 3 N–H and O–H groups in total. The number of amides is 2. The van der Waals surface area contributed by atoms with Crippen molar-refractivity contribution >= 4 is 27.6 Å². The van der Waals surface area contributed by atoms with Crippen LogP contribution < -0.4 is 10.6 Å². The predicted octanol–water partition coefficient (Wildman–Crippen LogP) is 6.23. The van der Waals surface area contributed by atoms with E-state index in [2.05, 4.69) is 55.7 Å². The minimum Gasteiger partial charge on any atom is -0.351 e. The lowest BCUT2D eigenvalue weighted by atomic mass is 9.86. The average molecular weight is 585 g/mol. The van der Waals surface area contributed by atoms with Crippen LogP contribution in [0.1, 0.15) is 53.7 Å². The third-order valence-corrected chi connectivity index (χ3v) is 7.78. The predicted molar refractivity (Wildman–Crippen MR) is 167 cm³/mol. The van der Waals surface area contributed by atoms with Crippen molar-refractivity contribution in [3.63, 3.8) is 0 Å². The number of anilines is 1. The van der Waals surface area contributed by atoms with E-state index in [-0.39, 0.29) is 17.9 Å². The molecule has 0 unspecified atom stereocenters. The Morgan fingerprint density at radius 1 is 0.786 bits per heavy atom. The molecule has 2 amide bonds. The molecule has 1 atom stereocenters. The van der Waals surface area contributed by atoms with E-state index in [0.29, 0.717) is 17.7 Å². The third-order valence-electron chi connectivity index (χ3n) is 7.06. The fraction of sp³-hybridized carbons (Fsp3) is 0.235. The second kappa shape index (κ2) is 13.1. The molecule has 0 fully saturated rings. The van der Waals surface area contributed by atoms with Gasteiger partial charge in [0.25, 0.3) is 16.0 Å². The summed E-state index contributed by atoms with van der Waals surface area (Å²) in [5.41, 5.74) is 6.29. The molecular formula is C34H36N2O5S. The van der Waals surface area contributed by atoms with Gasteiger partial charge in [-0.05, 0) is 63.9 Å². The molecule has 0 aliphatic heterocycles. The van der Waals surface area contributed by atoms with E-state index in [1.54, 1.807) is 24.3 Å². The number of rotatable bonds is 10. The van der Waals surface area contributed by atoms with Crippen LogP contribution in [0.15, 0.2) is 103 Å². The third kappa shape index (κ3) is 8.61. The molecule has 0 aliphatic carbocycles. The van der Waals surface area contributed by atoms with Gasteiger partial charge >= 0.3 is 0 Å². The van der Waals surface area contributed by atoms with Crippen LogP contribution in [0, 0.1) is 0 Å². The molecule has 0 bridgehead atoms. The number of hydrogen-bond acceptors (Lipinski definition) is 4. The minimum absolute atomic E-state index is 0.0762. The molecule has 4 aromatic rings. The highest BCUT2D eigenvalue weighted by molar-refractivity contribution is 7.85. The number of nitrogens with one attached hydrogen (secondary N) is 2. The molecule has 0 saturated carbocycles. The molecule has 0 saturated heterocycles. The van der Waals surface area contributed by atoms with Crippen molar-refractivity contribution in [2.75, 3.05) is 17.6 Å². The van der Waals surface area contributed by atoms with E-state index in [0.717, 1.165) is 22.3 Å². The first-order valence-electron chi connectivity index (χ1n) is 13.8. The summed E-state index contributed by atoms with van der Waals surface area (Å²) >= 11 is 0. The van der Waals surface area contributed by atoms with Crippen molar-refractivity contribution in [2.24, 2.45) is 0 Å². The lowest BCUT2D eigenvalue weighted by Gasteiger charge is -2.20. The van der Waals surface area contributed by atoms with Crippen LogP contribution >= 0.6 is 0 Å². The largest absolute Gasteiger partial charge is 0.351 e. The Morgan fingerprint density at radius 2 is 1.36 bits per heavy atom. The molecule has 42 heavy (non-hydrogen) atoms. The second-order valence-electron chi connectivity index (χ2n) is 11.3. The maximum Gasteiger partial charge on any atom is 0.266 e. The van der Waals surface area contributed by atoms with Gasteiger partial charge in [-0.25, -0.2) is 0 Å². The van der Waals surface area contributed by atoms with Gasteiger partial charge in [0, 0.05) is 17.8 Å². The Bertz CT molecular complexity index is 1610. The molecule has 0 radical (unpaired) electrons. The van der Waals surface area contributed by atoms with E-state index in [1.165, 1.54) is 5.56 Å². The summed E-state index contributed by atoms with van der Waals surface area (Å²) < 4.78 is 30.6. The second-order valence-corrected chi connectivity index (χ2v) is 12.9. The summed E-state index contributed by atoms with van der Waals surface area (Å²) in [4.78, 5) is 25.9. The first kappa shape index (κ1) is 30.7. The summed E-state index contributed by atoms with van der Waals surface area (Å²) in [5.74, 6) is -1.64. The molecule has 4 aromatic carbocycles. The van der Waals surface area contributed by atoms with Crippen LogP contribution in [0.5, 0.6) is 0 Å². The maximum absolute atomic E-state index is 13.5. The molecule has 7 nitrogen and oxygen atoms in total. The van der Waals surface area contributed by atoms with Gasteiger partial charge in [-0.2, -0.15) is 8.42 Å². The van der Waals surface area contributed by atoms with Crippen molar-refractivity contribution < 1.29 is 22.6 Å². The van der Waals surface area contributed by atoms with Crippen molar-refractivity contribution in [3.8, 4) is 11.1 Å². The number of hydrogen-bond donors (Lipinski definition) is 3. The minimum atomic E-state index is -4.16. The summed E-state index contributed by atoms with van der Waals surface area (Å²) in [7, 11) is -4.16. The van der Waals surface area contributed by atoms with E-state index in [1.807, 2.05) is 54.6 Å². The van der Waals surface area contributed by atoms with Gasteiger partial charge in [-0.15, -0.1) is 0 Å². The highest BCUT2D eigenvalue weighted by atomic mass is 32.2. The van der Waals surface area contributed by atoms with Crippen LogP contribution in [0.25, 0.3) is 11.1 Å². The number of carbonyl (C=O) groups is 2. The zero-order valence-corrected chi connectivity index (χ0v) is 24.8. The summed E-state index contributed by atoms with van der Waals surface area (Å²) in [6, 6.07) is 32.7.